The third-order valence-corrected chi connectivity index (χ3v) is 19.7. The van der Waals surface area contributed by atoms with Crippen LogP contribution in [0.15, 0.2) is 12.4 Å². The summed E-state index contributed by atoms with van der Waals surface area (Å²) in [6.07, 6.45) is 12.5. The van der Waals surface area contributed by atoms with Gasteiger partial charge in [-0.3, -0.25) is 0 Å². The van der Waals surface area contributed by atoms with Crippen LogP contribution in [-0.4, -0.2) is 27.9 Å². The van der Waals surface area contributed by atoms with E-state index in [1.165, 1.54) is 51.8 Å². The number of rotatable bonds is 11. The Morgan fingerprint density at radius 2 is 1.40 bits per heavy atom. The second-order valence-corrected chi connectivity index (χ2v) is 19.0. The molecule has 0 saturated heterocycles. The van der Waals surface area contributed by atoms with Crippen molar-refractivity contribution >= 4 is 22.2 Å². The number of hydrogen-bond acceptors (Lipinski definition) is 1. The van der Waals surface area contributed by atoms with Crippen LogP contribution in [0.2, 0.25) is 13.3 Å². The SMILES string of the molecule is CCC[CH2][Sn]([CH2]CCC)([CH2]CCC)[c]1nccn1CC. The Bertz CT molecular complexity index is 338. The molecule has 0 radical (unpaired) electrons. The number of hydrogen-bond donors (Lipinski definition) is 0. The molecule has 1 aromatic rings. The maximum absolute atomic E-state index is 4.87. The molecular weight excluding hydrogens is 351 g/mol. The average Bonchev–Trinajstić information content (AvgIpc) is 2.96. The number of unbranched alkanes of at least 4 members (excludes halogenated alkanes) is 3. The predicted molar refractivity (Wildman–Crippen MR) is 92.4 cm³/mol. The van der Waals surface area contributed by atoms with Crippen molar-refractivity contribution in [3.05, 3.63) is 12.4 Å². The molecule has 20 heavy (non-hydrogen) atoms. The van der Waals surface area contributed by atoms with Gasteiger partial charge in [-0.15, -0.1) is 0 Å². The van der Waals surface area contributed by atoms with Crippen molar-refractivity contribution in [2.75, 3.05) is 0 Å². The predicted octanol–water partition coefficient (Wildman–Crippen LogP) is 4.96. The van der Waals surface area contributed by atoms with Crippen LogP contribution in [0.1, 0.15) is 66.2 Å². The fraction of sp³-hybridized carbons (Fsp3) is 0.824. The van der Waals surface area contributed by atoms with Gasteiger partial charge in [0.15, 0.2) is 0 Å². The maximum atomic E-state index is 4.87. The quantitative estimate of drug-likeness (QED) is 0.493. The summed E-state index contributed by atoms with van der Waals surface area (Å²) in [6.45, 7) is 10.4. The van der Waals surface area contributed by atoms with E-state index in [0.29, 0.717) is 0 Å². The van der Waals surface area contributed by atoms with Crippen LogP contribution in [0.4, 0.5) is 0 Å². The first kappa shape index (κ1) is 18.1. The Morgan fingerprint density at radius 1 is 0.900 bits per heavy atom. The zero-order valence-electron chi connectivity index (χ0n) is 14.1. The topological polar surface area (TPSA) is 17.8 Å². The molecule has 1 heterocycles. The summed E-state index contributed by atoms with van der Waals surface area (Å²) in [5.41, 5.74) is 0. The Hall–Kier alpha value is 0.00870. The van der Waals surface area contributed by atoms with Crippen LogP contribution in [0.3, 0.4) is 0 Å². The molecule has 2 nitrogen and oxygen atoms in total. The molecule has 0 aliphatic rings. The van der Waals surface area contributed by atoms with E-state index in [1.54, 1.807) is 3.84 Å². The van der Waals surface area contributed by atoms with Crippen LogP contribution >= 0.6 is 0 Å². The fourth-order valence-corrected chi connectivity index (χ4v) is 19.6. The molecule has 0 N–H and O–H groups in total. The van der Waals surface area contributed by atoms with Gasteiger partial charge < -0.3 is 0 Å². The molecule has 0 atom stereocenters. The molecule has 0 unspecified atom stereocenters. The zero-order valence-corrected chi connectivity index (χ0v) is 17.0. The summed E-state index contributed by atoms with van der Waals surface area (Å²) in [5.74, 6) is 0. The molecule has 0 bridgehead atoms. The summed E-state index contributed by atoms with van der Waals surface area (Å²) in [5, 5.41) is 0. The van der Waals surface area contributed by atoms with E-state index >= 15 is 0 Å². The monoisotopic (exact) mass is 386 g/mol. The van der Waals surface area contributed by atoms with Gasteiger partial charge in [-0.25, -0.2) is 0 Å². The first-order valence-electron chi connectivity index (χ1n) is 8.75. The second-order valence-electron chi connectivity index (χ2n) is 6.13. The van der Waals surface area contributed by atoms with Gasteiger partial charge >= 0.3 is 130 Å². The van der Waals surface area contributed by atoms with Gasteiger partial charge in [0.2, 0.25) is 0 Å². The average molecular weight is 385 g/mol. The Labute approximate surface area is 130 Å². The van der Waals surface area contributed by atoms with Gasteiger partial charge in [-0.1, -0.05) is 0 Å². The van der Waals surface area contributed by atoms with Crippen molar-refractivity contribution in [1.82, 2.24) is 9.55 Å². The van der Waals surface area contributed by atoms with E-state index in [-0.39, 0.29) is 0 Å². The standard InChI is InChI=1S/C5H7N2.3C4H9.Sn/c1-2-7-4-3-6-5-7;3*1-3-4-2;/h3-4H,2H2,1H3;3*1,3-4H2,2H3;. The molecule has 0 fully saturated rings. The summed E-state index contributed by atoms with van der Waals surface area (Å²) in [6, 6.07) is 0. The fourth-order valence-electron chi connectivity index (χ4n) is 3.28. The van der Waals surface area contributed by atoms with E-state index in [0.717, 1.165) is 6.54 Å². The van der Waals surface area contributed by atoms with Crippen LogP contribution in [0, 0.1) is 0 Å². The first-order chi connectivity index (χ1) is 9.74. The van der Waals surface area contributed by atoms with Crippen LogP contribution in [0.25, 0.3) is 0 Å². The summed E-state index contributed by atoms with van der Waals surface area (Å²) < 4.78 is 8.58. The van der Waals surface area contributed by atoms with E-state index in [9.17, 15) is 0 Å². The minimum atomic E-state index is -2.28. The Balaban J connectivity index is 3.04. The number of aromatic nitrogens is 2. The van der Waals surface area contributed by atoms with Crippen molar-refractivity contribution in [2.45, 2.75) is 86.1 Å². The molecule has 3 heteroatoms. The number of nitrogens with zero attached hydrogens (tertiary/aromatic N) is 2. The van der Waals surface area contributed by atoms with Crippen molar-refractivity contribution in [2.24, 2.45) is 0 Å². The third kappa shape index (κ3) is 4.78. The zero-order chi connectivity index (χ0) is 14.8. The van der Waals surface area contributed by atoms with Crippen molar-refractivity contribution in [1.29, 1.82) is 0 Å². The van der Waals surface area contributed by atoms with Crippen LogP contribution < -0.4 is 3.84 Å². The van der Waals surface area contributed by atoms with Crippen molar-refractivity contribution in [3.63, 3.8) is 0 Å². The molecule has 0 aliphatic carbocycles. The van der Waals surface area contributed by atoms with Gasteiger partial charge in [-0.05, 0) is 0 Å². The number of aryl methyl sites for hydroxylation is 1. The minimum absolute atomic E-state index is 1.10. The summed E-state index contributed by atoms with van der Waals surface area (Å²) >= 11 is -2.28. The van der Waals surface area contributed by atoms with E-state index in [2.05, 4.69) is 38.5 Å². The third-order valence-electron chi connectivity index (χ3n) is 4.56. The number of imidazole rings is 1. The Kier molecular flexibility index (Phi) is 8.90. The van der Waals surface area contributed by atoms with E-state index in [1.807, 2.05) is 6.20 Å². The van der Waals surface area contributed by atoms with Gasteiger partial charge in [0.05, 0.1) is 0 Å². The second kappa shape index (κ2) is 9.86. The van der Waals surface area contributed by atoms with E-state index in [4.69, 9.17) is 4.98 Å². The Morgan fingerprint density at radius 3 is 1.80 bits per heavy atom. The van der Waals surface area contributed by atoms with Crippen molar-refractivity contribution < 1.29 is 0 Å². The van der Waals surface area contributed by atoms with Gasteiger partial charge in [0.25, 0.3) is 0 Å². The summed E-state index contributed by atoms with van der Waals surface area (Å²) in [4.78, 5) is 4.87. The first-order valence-corrected chi connectivity index (χ1v) is 16.2. The molecule has 0 saturated carbocycles. The molecule has 0 spiro atoms. The molecule has 1 rings (SSSR count). The molecule has 0 amide bonds. The molecule has 0 aliphatic heterocycles. The van der Waals surface area contributed by atoms with Crippen molar-refractivity contribution in [3.8, 4) is 0 Å². The molecule has 1 aromatic heterocycles. The summed E-state index contributed by atoms with van der Waals surface area (Å²) in [7, 11) is 0. The normalized spacial score (nSPS) is 12.0. The molecular formula is C17H34N2Sn. The van der Waals surface area contributed by atoms with Gasteiger partial charge in [0, 0.05) is 0 Å². The molecule has 116 valence electrons. The van der Waals surface area contributed by atoms with Gasteiger partial charge in [-0.2, -0.15) is 0 Å². The molecule has 0 aromatic carbocycles. The van der Waals surface area contributed by atoms with Gasteiger partial charge in [0.1, 0.15) is 0 Å². The van der Waals surface area contributed by atoms with E-state index < -0.39 is 18.4 Å². The van der Waals surface area contributed by atoms with Crippen LogP contribution in [-0.2, 0) is 6.54 Å². The van der Waals surface area contributed by atoms with Crippen LogP contribution in [0.5, 0.6) is 0 Å².